The summed E-state index contributed by atoms with van der Waals surface area (Å²) in [5.41, 5.74) is 6.95. The van der Waals surface area contributed by atoms with E-state index in [2.05, 4.69) is 16.9 Å². The highest BCUT2D eigenvalue weighted by Crippen LogP contribution is 2.23. The van der Waals surface area contributed by atoms with E-state index in [-0.39, 0.29) is 0 Å². The Hall–Kier alpha value is -2.10. The number of benzene rings is 1. The van der Waals surface area contributed by atoms with E-state index in [0.717, 1.165) is 18.6 Å². The molecule has 1 aromatic heterocycles. The first-order valence-corrected chi connectivity index (χ1v) is 5.63. The fourth-order valence-corrected chi connectivity index (χ4v) is 1.54. The van der Waals surface area contributed by atoms with E-state index in [9.17, 15) is 0 Å². The number of nitrogens with zero attached hydrogens (tertiary/aromatic N) is 2. The topological polar surface area (TPSA) is 61.0 Å². The van der Waals surface area contributed by atoms with Crippen LogP contribution in [0.5, 0.6) is 11.6 Å². The zero-order valence-corrected chi connectivity index (χ0v) is 9.76. The molecule has 2 aromatic rings. The molecule has 0 amide bonds. The van der Waals surface area contributed by atoms with Crippen LogP contribution in [0.25, 0.3) is 0 Å². The third-order valence-electron chi connectivity index (χ3n) is 2.37. The van der Waals surface area contributed by atoms with E-state index in [4.69, 9.17) is 10.5 Å². The highest BCUT2D eigenvalue weighted by molar-refractivity contribution is 5.42. The number of ether oxygens (including phenoxy) is 1. The van der Waals surface area contributed by atoms with E-state index in [0.29, 0.717) is 11.7 Å². The molecule has 0 aliphatic heterocycles. The minimum Gasteiger partial charge on any atom is -0.436 e. The normalized spacial score (nSPS) is 10.2. The summed E-state index contributed by atoms with van der Waals surface area (Å²) in [6, 6.07) is 7.93. The Bertz CT molecular complexity index is 482. The molecule has 0 bridgehead atoms. The maximum absolute atomic E-state index is 5.65. The molecule has 0 spiro atoms. The van der Waals surface area contributed by atoms with Crippen LogP contribution in [0.3, 0.4) is 0 Å². The van der Waals surface area contributed by atoms with Crippen LogP contribution in [0.4, 0.5) is 5.82 Å². The van der Waals surface area contributed by atoms with Gasteiger partial charge in [0.15, 0.2) is 5.82 Å². The predicted molar refractivity (Wildman–Crippen MR) is 67.0 cm³/mol. The largest absolute Gasteiger partial charge is 0.436 e. The zero-order valence-electron chi connectivity index (χ0n) is 9.76. The van der Waals surface area contributed by atoms with E-state index >= 15 is 0 Å². The van der Waals surface area contributed by atoms with Crippen molar-refractivity contribution in [3.63, 3.8) is 0 Å². The minimum absolute atomic E-state index is 0.296. The molecule has 0 saturated carbocycles. The number of hydrogen-bond donors (Lipinski definition) is 1. The van der Waals surface area contributed by atoms with Gasteiger partial charge in [0.05, 0.1) is 0 Å². The number of rotatable bonds is 4. The van der Waals surface area contributed by atoms with Crippen LogP contribution in [0.2, 0.25) is 0 Å². The lowest BCUT2D eigenvalue weighted by Crippen LogP contribution is -1.97. The highest BCUT2D eigenvalue weighted by Gasteiger charge is 2.03. The van der Waals surface area contributed by atoms with Crippen molar-refractivity contribution in [1.82, 2.24) is 9.97 Å². The first-order chi connectivity index (χ1) is 8.29. The number of aromatic nitrogens is 2. The van der Waals surface area contributed by atoms with Crippen molar-refractivity contribution in [2.45, 2.75) is 19.8 Å². The number of aryl methyl sites for hydroxylation is 1. The lowest BCUT2D eigenvalue weighted by Gasteiger charge is -2.06. The van der Waals surface area contributed by atoms with Gasteiger partial charge in [0.2, 0.25) is 0 Å². The molecule has 0 aliphatic rings. The Kier molecular flexibility index (Phi) is 3.55. The maximum Gasteiger partial charge on any atom is 0.262 e. The second kappa shape index (κ2) is 5.30. The molecule has 2 N–H and O–H groups in total. The van der Waals surface area contributed by atoms with Gasteiger partial charge in [0, 0.05) is 12.4 Å². The van der Waals surface area contributed by atoms with E-state index in [1.807, 2.05) is 24.3 Å². The summed E-state index contributed by atoms with van der Waals surface area (Å²) in [5.74, 6) is 1.36. The lowest BCUT2D eigenvalue weighted by atomic mass is 10.1. The summed E-state index contributed by atoms with van der Waals surface area (Å²) in [6.07, 6.45) is 5.30. The quantitative estimate of drug-likeness (QED) is 0.875. The molecule has 0 fully saturated rings. The van der Waals surface area contributed by atoms with Gasteiger partial charge in [-0.15, -0.1) is 0 Å². The first-order valence-electron chi connectivity index (χ1n) is 5.63. The molecule has 0 radical (unpaired) electrons. The SMILES string of the molecule is CCCc1ccc(Oc2nccnc2N)cc1. The molecule has 0 atom stereocenters. The smallest absolute Gasteiger partial charge is 0.262 e. The van der Waals surface area contributed by atoms with E-state index < -0.39 is 0 Å². The van der Waals surface area contributed by atoms with Gasteiger partial charge in [0.25, 0.3) is 5.88 Å². The zero-order chi connectivity index (χ0) is 12.1. The molecule has 4 nitrogen and oxygen atoms in total. The molecular weight excluding hydrogens is 214 g/mol. The van der Waals surface area contributed by atoms with E-state index in [1.54, 1.807) is 6.20 Å². The Balaban J connectivity index is 2.11. The van der Waals surface area contributed by atoms with Crippen LogP contribution in [0, 0.1) is 0 Å². The van der Waals surface area contributed by atoms with Crippen LogP contribution in [0.1, 0.15) is 18.9 Å². The standard InChI is InChI=1S/C13H15N3O/c1-2-3-10-4-6-11(7-5-10)17-13-12(14)15-8-9-16-13/h4-9H,2-3H2,1H3,(H2,14,15). The van der Waals surface area contributed by atoms with Gasteiger partial charge in [0.1, 0.15) is 5.75 Å². The maximum atomic E-state index is 5.65. The summed E-state index contributed by atoms with van der Waals surface area (Å²) in [7, 11) is 0. The molecule has 1 aromatic carbocycles. The molecule has 0 saturated heterocycles. The van der Waals surface area contributed by atoms with Crippen molar-refractivity contribution in [1.29, 1.82) is 0 Å². The second-order valence-corrected chi connectivity index (χ2v) is 3.74. The monoisotopic (exact) mass is 229 g/mol. The highest BCUT2D eigenvalue weighted by atomic mass is 16.5. The summed E-state index contributed by atoms with van der Waals surface area (Å²) in [6.45, 7) is 2.16. The number of hydrogen-bond acceptors (Lipinski definition) is 4. The van der Waals surface area contributed by atoms with Crippen molar-refractivity contribution in [3.8, 4) is 11.6 Å². The Morgan fingerprint density at radius 2 is 1.82 bits per heavy atom. The van der Waals surface area contributed by atoms with Crippen molar-refractivity contribution >= 4 is 5.82 Å². The third kappa shape index (κ3) is 2.93. The average molecular weight is 229 g/mol. The predicted octanol–water partition coefficient (Wildman–Crippen LogP) is 2.80. The van der Waals surface area contributed by atoms with Crippen LogP contribution in [0.15, 0.2) is 36.7 Å². The molecule has 4 heteroatoms. The van der Waals surface area contributed by atoms with Gasteiger partial charge < -0.3 is 10.5 Å². The van der Waals surface area contributed by atoms with Crippen molar-refractivity contribution < 1.29 is 4.74 Å². The van der Waals surface area contributed by atoms with Crippen LogP contribution >= 0.6 is 0 Å². The van der Waals surface area contributed by atoms with Gasteiger partial charge in [-0.25, -0.2) is 9.97 Å². The number of anilines is 1. The average Bonchev–Trinajstić information content (AvgIpc) is 2.35. The fraction of sp³-hybridized carbons (Fsp3) is 0.231. The lowest BCUT2D eigenvalue weighted by molar-refractivity contribution is 0.463. The second-order valence-electron chi connectivity index (χ2n) is 3.74. The van der Waals surface area contributed by atoms with Crippen molar-refractivity contribution in [2.24, 2.45) is 0 Å². The van der Waals surface area contributed by atoms with Crippen LogP contribution in [-0.4, -0.2) is 9.97 Å². The van der Waals surface area contributed by atoms with Gasteiger partial charge in [-0.3, -0.25) is 0 Å². The first kappa shape index (κ1) is 11.4. The third-order valence-corrected chi connectivity index (χ3v) is 2.37. The summed E-state index contributed by atoms with van der Waals surface area (Å²) in [5, 5.41) is 0. The molecule has 17 heavy (non-hydrogen) atoms. The Labute approximate surface area is 100 Å². The van der Waals surface area contributed by atoms with Gasteiger partial charge in [-0.05, 0) is 24.1 Å². The molecular formula is C13H15N3O. The molecule has 0 aliphatic carbocycles. The summed E-state index contributed by atoms with van der Waals surface area (Å²) in [4.78, 5) is 7.94. The van der Waals surface area contributed by atoms with Gasteiger partial charge >= 0.3 is 0 Å². The Morgan fingerprint density at radius 1 is 1.12 bits per heavy atom. The minimum atomic E-state index is 0.296. The van der Waals surface area contributed by atoms with E-state index in [1.165, 1.54) is 11.8 Å². The Morgan fingerprint density at radius 3 is 2.47 bits per heavy atom. The molecule has 2 rings (SSSR count). The molecule has 88 valence electrons. The van der Waals surface area contributed by atoms with Gasteiger partial charge in [-0.2, -0.15) is 0 Å². The number of nitrogen functional groups attached to an aromatic ring is 1. The van der Waals surface area contributed by atoms with Crippen LogP contribution < -0.4 is 10.5 Å². The molecule has 1 heterocycles. The van der Waals surface area contributed by atoms with Crippen LogP contribution in [-0.2, 0) is 6.42 Å². The van der Waals surface area contributed by atoms with Crippen molar-refractivity contribution in [3.05, 3.63) is 42.2 Å². The summed E-state index contributed by atoms with van der Waals surface area (Å²) < 4.78 is 5.54. The van der Waals surface area contributed by atoms with Crippen molar-refractivity contribution in [2.75, 3.05) is 5.73 Å². The summed E-state index contributed by atoms with van der Waals surface area (Å²) >= 11 is 0. The fourth-order valence-electron chi connectivity index (χ4n) is 1.54. The number of nitrogens with two attached hydrogens (primary N) is 1. The van der Waals surface area contributed by atoms with Gasteiger partial charge in [-0.1, -0.05) is 25.5 Å². The molecule has 0 unspecified atom stereocenters.